The number of hydrogen-bond acceptors (Lipinski definition) is 4. The minimum Gasteiger partial charge on any atom is -0.488 e. The van der Waals surface area contributed by atoms with Crippen molar-refractivity contribution in [2.24, 2.45) is 0 Å². The molecule has 1 fully saturated rings. The van der Waals surface area contributed by atoms with Crippen LogP contribution in [0.3, 0.4) is 0 Å². The molecule has 21 heavy (non-hydrogen) atoms. The van der Waals surface area contributed by atoms with E-state index in [2.05, 4.69) is 19.2 Å². The quantitative estimate of drug-likeness (QED) is 0.897. The number of nitrogens with one attached hydrogen (secondary N) is 1. The molecule has 6 heteroatoms. The summed E-state index contributed by atoms with van der Waals surface area (Å²) in [6, 6.07) is 5.24. The maximum Gasteiger partial charge on any atom is 0.243 e. The van der Waals surface area contributed by atoms with Crippen LogP contribution in [0.4, 0.5) is 0 Å². The first-order chi connectivity index (χ1) is 9.88. The molecular weight excluding hydrogens is 288 g/mol. The van der Waals surface area contributed by atoms with E-state index in [4.69, 9.17) is 4.74 Å². The van der Waals surface area contributed by atoms with Gasteiger partial charge >= 0.3 is 0 Å². The van der Waals surface area contributed by atoms with Crippen LogP contribution in [0.25, 0.3) is 0 Å². The van der Waals surface area contributed by atoms with Crippen LogP contribution in [0.5, 0.6) is 5.75 Å². The van der Waals surface area contributed by atoms with Crippen molar-refractivity contribution in [3.05, 3.63) is 23.8 Å². The number of sulfonamides is 1. The molecule has 2 aliphatic rings. The topological polar surface area (TPSA) is 58.6 Å². The van der Waals surface area contributed by atoms with Gasteiger partial charge in [-0.2, -0.15) is 4.31 Å². The van der Waals surface area contributed by atoms with Crippen LogP contribution < -0.4 is 10.1 Å². The summed E-state index contributed by atoms with van der Waals surface area (Å²) in [5.41, 5.74) is 0.817. The number of rotatable bonds is 2. The van der Waals surface area contributed by atoms with Crippen molar-refractivity contribution < 1.29 is 13.2 Å². The minimum absolute atomic E-state index is 0.175. The fraction of sp³-hybridized carbons (Fsp3) is 0.600. The summed E-state index contributed by atoms with van der Waals surface area (Å²) in [6.07, 6.45) is 1.75. The fourth-order valence-corrected chi connectivity index (χ4v) is 4.32. The SMILES string of the molecule is CC1(C)CCc2cc(S(=O)(=O)N3CCNCC3)ccc2O1. The van der Waals surface area contributed by atoms with Gasteiger partial charge in [0.1, 0.15) is 11.4 Å². The molecule has 5 nitrogen and oxygen atoms in total. The Morgan fingerprint density at radius 1 is 1.24 bits per heavy atom. The van der Waals surface area contributed by atoms with Gasteiger partial charge in [-0.05, 0) is 50.5 Å². The van der Waals surface area contributed by atoms with Gasteiger partial charge in [0.2, 0.25) is 10.0 Å². The highest BCUT2D eigenvalue weighted by Gasteiger charge is 2.30. The molecule has 1 saturated heterocycles. The highest BCUT2D eigenvalue weighted by molar-refractivity contribution is 7.89. The maximum atomic E-state index is 12.7. The molecule has 0 bridgehead atoms. The molecule has 1 aromatic carbocycles. The van der Waals surface area contributed by atoms with E-state index in [0.717, 1.165) is 24.2 Å². The lowest BCUT2D eigenvalue weighted by Gasteiger charge is -2.33. The number of nitrogens with zero attached hydrogens (tertiary/aromatic N) is 1. The van der Waals surface area contributed by atoms with Crippen molar-refractivity contribution in [3.8, 4) is 5.75 Å². The van der Waals surface area contributed by atoms with Gasteiger partial charge in [-0.15, -0.1) is 0 Å². The van der Waals surface area contributed by atoms with Gasteiger partial charge in [0, 0.05) is 26.2 Å². The van der Waals surface area contributed by atoms with Gasteiger partial charge < -0.3 is 10.1 Å². The fourth-order valence-electron chi connectivity index (χ4n) is 2.83. The second-order valence-electron chi connectivity index (χ2n) is 6.29. The van der Waals surface area contributed by atoms with Crippen LogP contribution in [0, 0.1) is 0 Å². The first-order valence-electron chi connectivity index (χ1n) is 7.41. The Hall–Kier alpha value is -1.11. The predicted molar refractivity (Wildman–Crippen MR) is 81.1 cm³/mol. The summed E-state index contributed by atoms with van der Waals surface area (Å²) >= 11 is 0. The highest BCUT2D eigenvalue weighted by atomic mass is 32.2. The summed E-state index contributed by atoms with van der Waals surface area (Å²) in [4.78, 5) is 0.381. The molecule has 0 atom stereocenters. The van der Waals surface area contributed by atoms with Gasteiger partial charge in [0.05, 0.1) is 4.90 Å². The zero-order valence-corrected chi connectivity index (χ0v) is 13.4. The second-order valence-corrected chi connectivity index (χ2v) is 8.22. The van der Waals surface area contributed by atoms with E-state index in [1.54, 1.807) is 22.5 Å². The molecule has 3 rings (SSSR count). The number of benzene rings is 1. The Kier molecular flexibility index (Phi) is 3.71. The number of hydrogen-bond donors (Lipinski definition) is 1. The van der Waals surface area contributed by atoms with Gasteiger partial charge in [-0.1, -0.05) is 0 Å². The Balaban J connectivity index is 1.90. The van der Waals surface area contributed by atoms with Crippen molar-refractivity contribution >= 4 is 10.0 Å². The van der Waals surface area contributed by atoms with Crippen molar-refractivity contribution in [3.63, 3.8) is 0 Å². The summed E-state index contributed by atoms with van der Waals surface area (Å²) in [6.45, 7) is 6.59. The first-order valence-corrected chi connectivity index (χ1v) is 8.85. The Morgan fingerprint density at radius 2 is 1.95 bits per heavy atom. The highest BCUT2D eigenvalue weighted by Crippen LogP contribution is 2.34. The zero-order chi connectivity index (χ0) is 15.1. The summed E-state index contributed by atoms with van der Waals surface area (Å²) in [5.74, 6) is 0.811. The molecule has 2 aliphatic heterocycles. The summed E-state index contributed by atoms with van der Waals surface area (Å²) in [7, 11) is -3.39. The van der Waals surface area contributed by atoms with Crippen LogP contribution in [0.15, 0.2) is 23.1 Å². The molecule has 116 valence electrons. The van der Waals surface area contributed by atoms with Gasteiger partial charge in [-0.25, -0.2) is 8.42 Å². The molecule has 0 spiro atoms. The molecule has 0 amide bonds. The third-order valence-electron chi connectivity index (χ3n) is 4.13. The van der Waals surface area contributed by atoms with Crippen LogP contribution in [-0.4, -0.2) is 44.5 Å². The molecule has 0 radical (unpaired) electrons. The largest absolute Gasteiger partial charge is 0.488 e. The van der Waals surface area contributed by atoms with E-state index in [9.17, 15) is 8.42 Å². The third-order valence-corrected chi connectivity index (χ3v) is 6.02. The second kappa shape index (κ2) is 5.26. The van der Waals surface area contributed by atoms with E-state index < -0.39 is 10.0 Å². The molecule has 2 heterocycles. The van der Waals surface area contributed by atoms with E-state index in [0.29, 0.717) is 31.1 Å². The lowest BCUT2D eigenvalue weighted by atomic mass is 9.94. The molecule has 1 aromatic rings. The third kappa shape index (κ3) is 2.93. The van der Waals surface area contributed by atoms with Gasteiger partial charge in [0.25, 0.3) is 0 Å². The van der Waals surface area contributed by atoms with Crippen LogP contribution in [-0.2, 0) is 16.4 Å². The number of aryl methyl sites for hydroxylation is 1. The van der Waals surface area contributed by atoms with E-state index in [1.807, 2.05) is 0 Å². The van der Waals surface area contributed by atoms with Gasteiger partial charge in [-0.3, -0.25) is 0 Å². The van der Waals surface area contributed by atoms with Crippen LogP contribution in [0.2, 0.25) is 0 Å². The monoisotopic (exact) mass is 310 g/mol. The van der Waals surface area contributed by atoms with Crippen molar-refractivity contribution in [2.45, 2.75) is 37.2 Å². The Labute approximate surface area is 126 Å². The average Bonchev–Trinajstić information content (AvgIpc) is 2.46. The van der Waals surface area contributed by atoms with Crippen molar-refractivity contribution in [2.75, 3.05) is 26.2 Å². The normalized spacial score (nSPS) is 22.4. The van der Waals surface area contributed by atoms with Crippen molar-refractivity contribution in [1.82, 2.24) is 9.62 Å². The first kappa shape index (κ1) is 14.8. The Morgan fingerprint density at radius 3 is 2.67 bits per heavy atom. The van der Waals surface area contributed by atoms with E-state index in [-0.39, 0.29) is 5.60 Å². The number of ether oxygens (including phenoxy) is 1. The molecule has 0 unspecified atom stereocenters. The van der Waals surface area contributed by atoms with Gasteiger partial charge in [0.15, 0.2) is 0 Å². The molecule has 0 aromatic heterocycles. The lowest BCUT2D eigenvalue weighted by Crippen LogP contribution is -2.46. The van der Waals surface area contributed by atoms with Crippen molar-refractivity contribution in [1.29, 1.82) is 0 Å². The average molecular weight is 310 g/mol. The van der Waals surface area contributed by atoms with Crippen LogP contribution >= 0.6 is 0 Å². The lowest BCUT2D eigenvalue weighted by molar-refractivity contribution is 0.0845. The maximum absolute atomic E-state index is 12.7. The molecule has 1 N–H and O–H groups in total. The zero-order valence-electron chi connectivity index (χ0n) is 12.6. The predicted octanol–water partition coefficient (Wildman–Crippen LogP) is 1.38. The smallest absolute Gasteiger partial charge is 0.243 e. The number of fused-ring (bicyclic) bond motifs is 1. The van der Waals surface area contributed by atoms with Crippen LogP contribution in [0.1, 0.15) is 25.8 Å². The molecular formula is C15H22N2O3S. The summed E-state index contributed by atoms with van der Waals surface area (Å²) < 4.78 is 32.8. The minimum atomic E-state index is -3.39. The van der Waals surface area contributed by atoms with E-state index >= 15 is 0 Å². The number of piperazine rings is 1. The molecule has 0 aliphatic carbocycles. The Bertz CT molecular complexity index is 634. The standard InChI is InChI=1S/C15H22N2O3S/c1-15(2)6-5-12-11-13(3-4-14(12)20-15)21(18,19)17-9-7-16-8-10-17/h3-4,11,16H,5-10H2,1-2H3. The molecule has 0 saturated carbocycles. The summed E-state index contributed by atoms with van der Waals surface area (Å²) in [5, 5.41) is 3.17. The van der Waals surface area contributed by atoms with E-state index in [1.165, 1.54) is 0 Å².